The largest absolute Gasteiger partial charge is 0.349 e. The molecule has 0 saturated carbocycles. The van der Waals surface area contributed by atoms with Gasteiger partial charge in [-0.15, -0.1) is 0 Å². The molecule has 100 valence electrons. The number of nitrogens with zero attached hydrogens (tertiary/aromatic N) is 2. The molecule has 1 rings (SSSR count). The highest BCUT2D eigenvalue weighted by Gasteiger charge is 2.18. The number of carbonyl (C=O) groups excluding carboxylic acids is 1. The summed E-state index contributed by atoms with van der Waals surface area (Å²) in [5.41, 5.74) is 7.00. The molecule has 0 spiro atoms. The van der Waals surface area contributed by atoms with Crippen LogP contribution in [0.5, 0.6) is 0 Å². The van der Waals surface area contributed by atoms with Crippen LogP contribution < -0.4 is 11.1 Å². The second-order valence-electron chi connectivity index (χ2n) is 4.86. The molecular weight excluding hydrogens is 248 g/mol. The van der Waals surface area contributed by atoms with Crippen LogP contribution in [-0.2, 0) is 4.79 Å². The van der Waals surface area contributed by atoms with Crippen molar-refractivity contribution in [2.24, 2.45) is 5.73 Å². The van der Waals surface area contributed by atoms with E-state index in [1.165, 1.54) is 11.8 Å². The highest BCUT2D eigenvalue weighted by atomic mass is 32.2. The summed E-state index contributed by atoms with van der Waals surface area (Å²) in [6, 6.07) is 1.90. The fraction of sp³-hybridized carbons (Fsp3) is 0.583. The number of rotatable bonds is 5. The molecule has 1 heterocycles. The van der Waals surface area contributed by atoms with Gasteiger partial charge in [-0.3, -0.25) is 4.79 Å². The third-order valence-electron chi connectivity index (χ3n) is 2.28. The number of hydrogen-bond donors (Lipinski definition) is 2. The number of hydrogen-bond acceptors (Lipinski definition) is 5. The molecule has 5 nitrogen and oxygen atoms in total. The summed E-state index contributed by atoms with van der Waals surface area (Å²) in [6.07, 6.45) is 0. The fourth-order valence-corrected chi connectivity index (χ4v) is 2.10. The van der Waals surface area contributed by atoms with Crippen molar-refractivity contribution in [2.45, 2.75) is 38.4 Å². The standard InChI is InChI=1S/C12H20N4OS/c1-8-5-9(2)15-11(14-8)18-6-10(17)16-12(3,4)7-13/h5H,6-7,13H2,1-4H3,(H,16,17). The lowest BCUT2D eigenvalue weighted by molar-refractivity contribution is -0.120. The highest BCUT2D eigenvalue weighted by molar-refractivity contribution is 7.99. The Morgan fingerprint density at radius 1 is 1.39 bits per heavy atom. The number of nitrogens with two attached hydrogens (primary N) is 1. The van der Waals surface area contributed by atoms with Crippen LogP contribution in [0.2, 0.25) is 0 Å². The quantitative estimate of drug-likeness (QED) is 0.616. The van der Waals surface area contributed by atoms with Crippen LogP contribution in [-0.4, -0.2) is 33.7 Å². The molecule has 0 bridgehead atoms. The van der Waals surface area contributed by atoms with E-state index in [2.05, 4.69) is 15.3 Å². The summed E-state index contributed by atoms with van der Waals surface area (Å²) in [4.78, 5) is 20.3. The van der Waals surface area contributed by atoms with Crippen LogP contribution in [0.3, 0.4) is 0 Å². The zero-order valence-corrected chi connectivity index (χ0v) is 12.1. The van der Waals surface area contributed by atoms with E-state index in [9.17, 15) is 4.79 Å². The van der Waals surface area contributed by atoms with E-state index in [1.54, 1.807) is 0 Å². The molecule has 1 amide bonds. The minimum atomic E-state index is -0.374. The molecule has 0 aromatic carbocycles. The molecule has 3 N–H and O–H groups in total. The first-order chi connectivity index (χ1) is 8.32. The molecular formula is C12H20N4OS. The smallest absolute Gasteiger partial charge is 0.230 e. The lowest BCUT2D eigenvalue weighted by Gasteiger charge is -2.23. The van der Waals surface area contributed by atoms with Crippen LogP contribution in [0.1, 0.15) is 25.2 Å². The molecule has 0 aliphatic rings. The van der Waals surface area contributed by atoms with Crippen molar-refractivity contribution in [1.29, 1.82) is 0 Å². The van der Waals surface area contributed by atoms with Crippen molar-refractivity contribution in [1.82, 2.24) is 15.3 Å². The molecule has 6 heteroatoms. The Labute approximate surface area is 112 Å². The van der Waals surface area contributed by atoms with E-state index < -0.39 is 0 Å². The maximum absolute atomic E-state index is 11.7. The molecule has 0 unspecified atom stereocenters. The van der Waals surface area contributed by atoms with Gasteiger partial charge >= 0.3 is 0 Å². The number of aromatic nitrogens is 2. The van der Waals surface area contributed by atoms with Crippen LogP contribution >= 0.6 is 11.8 Å². The minimum Gasteiger partial charge on any atom is -0.349 e. The first kappa shape index (κ1) is 14.9. The summed E-state index contributed by atoms with van der Waals surface area (Å²) >= 11 is 1.33. The van der Waals surface area contributed by atoms with Gasteiger partial charge in [0.2, 0.25) is 5.91 Å². The van der Waals surface area contributed by atoms with Crippen LogP contribution in [0.15, 0.2) is 11.2 Å². The van der Waals surface area contributed by atoms with E-state index in [0.717, 1.165) is 11.4 Å². The average Bonchev–Trinajstić information content (AvgIpc) is 2.24. The summed E-state index contributed by atoms with van der Waals surface area (Å²) in [6.45, 7) is 8.02. The molecule has 0 aliphatic heterocycles. The Hall–Kier alpha value is -1.14. The van der Waals surface area contributed by atoms with Gasteiger partial charge in [0.25, 0.3) is 0 Å². The van der Waals surface area contributed by atoms with Gasteiger partial charge in [0, 0.05) is 23.5 Å². The Morgan fingerprint density at radius 3 is 2.44 bits per heavy atom. The van der Waals surface area contributed by atoms with Gasteiger partial charge in [0.15, 0.2) is 5.16 Å². The molecule has 1 aromatic rings. The Balaban J connectivity index is 2.52. The topological polar surface area (TPSA) is 80.9 Å². The first-order valence-corrected chi connectivity index (χ1v) is 6.77. The van der Waals surface area contributed by atoms with Crippen LogP contribution in [0, 0.1) is 13.8 Å². The second kappa shape index (κ2) is 6.15. The van der Waals surface area contributed by atoms with Gasteiger partial charge in [-0.2, -0.15) is 0 Å². The molecule has 18 heavy (non-hydrogen) atoms. The average molecular weight is 268 g/mol. The monoisotopic (exact) mass is 268 g/mol. The maximum atomic E-state index is 11.7. The second-order valence-corrected chi connectivity index (χ2v) is 5.80. The van der Waals surface area contributed by atoms with Gasteiger partial charge in [-0.25, -0.2) is 9.97 Å². The number of amides is 1. The van der Waals surface area contributed by atoms with Crippen molar-refractivity contribution >= 4 is 17.7 Å². The van der Waals surface area contributed by atoms with Crippen molar-refractivity contribution in [3.8, 4) is 0 Å². The van der Waals surface area contributed by atoms with E-state index in [4.69, 9.17) is 5.73 Å². The normalized spacial score (nSPS) is 11.4. The van der Waals surface area contributed by atoms with Crippen LogP contribution in [0.4, 0.5) is 0 Å². The third kappa shape index (κ3) is 5.01. The molecule has 0 radical (unpaired) electrons. The highest BCUT2D eigenvalue weighted by Crippen LogP contribution is 2.14. The van der Waals surface area contributed by atoms with E-state index >= 15 is 0 Å². The fourth-order valence-electron chi connectivity index (χ4n) is 1.35. The molecule has 0 atom stereocenters. The first-order valence-electron chi connectivity index (χ1n) is 5.78. The van der Waals surface area contributed by atoms with E-state index in [-0.39, 0.29) is 11.4 Å². The molecule has 1 aromatic heterocycles. The van der Waals surface area contributed by atoms with Crippen molar-refractivity contribution in [3.05, 3.63) is 17.5 Å². The molecule has 0 fully saturated rings. The Bertz CT molecular complexity index is 414. The SMILES string of the molecule is Cc1cc(C)nc(SCC(=O)NC(C)(C)CN)n1. The summed E-state index contributed by atoms with van der Waals surface area (Å²) in [7, 11) is 0. The van der Waals surface area contributed by atoms with Crippen molar-refractivity contribution < 1.29 is 4.79 Å². The van der Waals surface area contributed by atoms with Crippen molar-refractivity contribution in [3.63, 3.8) is 0 Å². The summed E-state index contributed by atoms with van der Waals surface area (Å²) < 4.78 is 0. The van der Waals surface area contributed by atoms with E-state index in [1.807, 2.05) is 33.8 Å². The van der Waals surface area contributed by atoms with Gasteiger partial charge < -0.3 is 11.1 Å². The zero-order chi connectivity index (χ0) is 13.8. The minimum absolute atomic E-state index is 0.0572. The Kier molecular flexibility index (Phi) is 5.10. The predicted octanol–water partition coefficient (Wildman–Crippen LogP) is 1.04. The van der Waals surface area contributed by atoms with Gasteiger partial charge in [0.1, 0.15) is 0 Å². The zero-order valence-electron chi connectivity index (χ0n) is 11.3. The number of nitrogens with one attached hydrogen (secondary N) is 1. The lowest BCUT2D eigenvalue weighted by Crippen LogP contribution is -2.49. The molecule has 0 aliphatic carbocycles. The van der Waals surface area contributed by atoms with Crippen LogP contribution in [0.25, 0.3) is 0 Å². The number of thioether (sulfide) groups is 1. The molecule has 0 saturated heterocycles. The van der Waals surface area contributed by atoms with Crippen molar-refractivity contribution in [2.75, 3.05) is 12.3 Å². The van der Waals surface area contributed by atoms with Gasteiger partial charge in [0.05, 0.1) is 5.75 Å². The van der Waals surface area contributed by atoms with Gasteiger partial charge in [-0.1, -0.05) is 11.8 Å². The maximum Gasteiger partial charge on any atom is 0.230 e. The predicted molar refractivity (Wildman–Crippen MR) is 73.5 cm³/mol. The number of carbonyl (C=O) groups is 1. The van der Waals surface area contributed by atoms with Gasteiger partial charge in [-0.05, 0) is 33.8 Å². The number of aryl methyl sites for hydroxylation is 2. The third-order valence-corrected chi connectivity index (χ3v) is 3.13. The van der Waals surface area contributed by atoms with E-state index in [0.29, 0.717) is 17.5 Å². The lowest BCUT2D eigenvalue weighted by atomic mass is 10.1. The summed E-state index contributed by atoms with van der Waals surface area (Å²) in [5.74, 6) is 0.241. The summed E-state index contributed by atoms with van der Waals surface area (Å²) in [5, 5.41) is 3.50. The Morgan fingerprint density at radius 2 is 1.94 bits per heavy atom.